The van der Waals surface area contributed by atoms with Crippen LogP contribution in [0.2, 0.25) is 5.02 Å². The fourth-order valence-corrected chi connectivity index (χ4v) is 1.60. The van der Waals surface area contributed by atoms with Gasteiger partial charge in [-0.15, -0.1) is 0 Å². The van der Waals surface area contributed by atoms with Gasteiger partial charge in [0.05, 0.1) is 19.0 Å². The maximum Gasteiger partial charge on any atom is 0.255 e. The number of ether oxygens (including phenoxy) is 1. The zero-order valence-electron chi connectivity index (χ0n) is 9.68. The summed E-state index contributed by atoms with van der Waals surface area (Å²) in [4.78, 5) is 15.9. The molecule has 2 aromatic rings. The van der Waals surface area contributed by atoms with E-state index in [1.165, 1.54) is 13.3 Å². The molecule has 0 radical (unpaired) electrons. The predicted octanol–water partition coefficient (Wildman–Crippen LogP) is 3.00. The number of carbonyl (C=O) groups excluding carboxylic acids is 1. The third-order valence-electron chi connectivity index (χ3n) is 2.29. The number of benzene rings is 1. The van der Waals surface area contributed by atoms with Crippen molar-refractivity contribution in [3.05, 3.63) is 53.2 Å². The van der Waals surface area contributed by atoms with E-state index < -0.39 is 0 Å². The molecule has 1 N–H and O–H groups in total. The summed E-state index contributed by atoms with van der Waals surface area (Å²) in [6, 6.07) is 10.1. The van der Waals surface area contributed by atoms with E-state index in [0.717, 1.165) is 0 Å². The number of anilines is 1. The lowest BCUT2D eigenvalue weighted by Crippen LogP contribution is -2.11. The Morgan fingerprint density at radius 3 is 2.78 bits per heavy atom. The van der Waals surface area contributed by atoms with Gasteiger partial charge < -0.3 is 10.1 Å². The van der Waals surface area contributed by atoms with Crippen molar-refractivity contribution in [2.75, 3.05) is 12.4 Å². The van der Waals surface area contributed by atoms with Crippen molar-refractivity contribution in [3.8, 4) is 5.88 Å². The highest BCUT2D eigenvalue weighted by molar-refractivity contribution is 6.31. The zero-order valence-corrected chi connectivity index (χ0v) is 10.4. The molecule has 1 amide bonds. The number of amides is 1. The first-order chi connectivity index (χ1) is 8.69. The van der Waals surface area contributed by atoms with Crippen LogP contribution in [-0.2, 0) is 0 Å². The van der Waals surface area contributed by atoms with Gasteiger partial charge in [0.2, 0.25) is 5.88 Å². The van der Waals surface area contributed by atoms with E-state index in [1.54, 1.807) is 36.4 Å². The van der Waals surface area contributed by atoms with Gasteiger partial charge in [-0.3, -0.25) is 4.79 Å². The SMILES string of the molecule is COc1ccc(NC(=O)c2cccc(Cl)c2)cn1. The van der Waals surface area contributed by atoms with Crippen LogP contribution in [0.3, 0.4) is 0 Å². The van der Waals surface area contributed by atoms with Gasteiger partial charge in [-0.25, -0.2) is 4.98 Å². The molecule has 0 saturated carbocycles. The topological polar surface area (TPSA) is 51.2 Å². The Morgan fingerprint density at radius 1 is 1.33 bits per heavy atom. The molecule has 1 aromatic heterocycles. The summed E-state index contributed by atoms with van der Waals surface area (Å²) in [6.07, 6.45) is 1.53. The fourth-order valence-electron chi connectivity index (χ4n) is 1.41. The minimum atomic E-state index is -0.232. The van der Waals surface area contributed by atoms with E-state index >= 15 is 0 Å². The third-order valence-corrected chi connectivity index (χ3v) is 2.53. The number of nitrogens with one attached hydrogen (secondary N) is 1. The number of hydrogen-bond donors (Lipinski definition) is 1. The second-order valence-corrected chi connectivity index (χ2v) is 3.99. The number of hydrogen-bond acceptors (Lipinski definition) is 3. The third kappa shape index (κ3) is 2.99. The van der Waals surface area contributed by atoms with Crippen molar-refractivity contribution in [1.82, 2.24) is 4.98 Å². The van der Waals surface area contributed by atoms with Gasteiger partial charge in [-0.2, -0.15) is 0 Å². The number of pyridine rings is 1. The van der Waals surface area contributed by atoms with Crippen molar-refractivity contribution in [2.24, 2.45) is 0 Å². The maximum atomic E-state index is 11.9. The molecule has 0 atom stereocenters. The van der Waals surface area contributed by atoms with Gasteiger partial charge in [0, 0.05) is 16.7 Å². The molecule has 1 aromatic carbocycles. The Balaban J connectivity index is 2.11. The number of nitrogens with zero attached hydrogens (tertiary/aromatic N) is 1. The van der Waals surface area contributed by atoms with Crippen LogP contribution in [-0.4, -0.2) is 18.0 Å². The molecular formula is C13H11ClN2O2. The molecule has 4 nitrogen and oxygen atoms in total. The quantitative estimate of drug-likeness (QED) is 0.925. The summed E-state index contributed by atoms with van der Waals surface area (Å²) >= 11 is 5.82. The lowest BCUT2D eigenvalue weighted by Gasteiger charge is -2.05. The largest absolute Gasteiger partial charge is 0.481 e. The van der Waals surface area contributed by atoms with Crippen LogP contribution in [0, 0.1) is 0 Å². The first-order valence-corrected chi connectivity index (χ1v) is 5.64. The van der Waals surface area contributed by atoms with Crippen LogP contribution in [0.4, 0.5) is 5.69 Å². The maximum absolute atomic E-state index is 11.9. The molecule has 0 spiro atoms. The number of carbonyl (C=O) groups is 1. The van der Waals surface area contributed by atoms with Gasteiger partial charge in [0.15, 0.2) is 0 Å². The lowest BCUT2D eigenvalue weighted by atomic mass is 10.2. The van der Waals surface area contributed by atoms with Crippen molar-refractivity contribution in [2.45, 2.75) is 0 Å². The highest BCUT2D eigenvalue weighted by Crippen LogP contribution is 2.14. The average molecular weight is 263 g/mol. The van der Waals surface area contributed by atoms with Gasteiger partial charge >= 0.3 is 0 Å². The van der Waals surface area contributed by atoms with Crippen LogP contribution < -0.4 is 10.1 Å². The van der Waals surface area contributed by atoms with E-state index in [-0.39, 0.29) is 5.91 Å². The van der Waals surface area contributed by atoms with Gasteiger partial charge in [-0.05, 0) is 24.3 Å². The predicted molar refractivity (Wildman–Crippen MR) is 70.2 cm³/mol. The summed E-state index contributed by atoms with van der Waals surface area (Å²) in [6.45, 7) is 0. The van der Waals surface area contributed by atoms with Crippen molar-refractivity contribution < 1.29 is 9.53 Å². The molecule has 0 aliphatic carbocycles. The zero-order chi connectivity index (χ0) is 13.0. The molecule has 1 heterocycles. The van der Waals surface area contributed by atoms with Crippen LogP contribution >= 0.6 is 11.6 Å². The Bertz CT molecular complexity index is 555. The minimum absolute atomic E-state index is 0.232. The molecule has 2 rings (SSSR count). The van der Waals surface area contributed by atoms with Gasteiger partial charge in [-0.1, -0.05) is 17.7 Å². The summed E-state index contributed by atoms with van der Waals surface area (Å²) in [7, 11) is 1.53. The molecule has 0 unspecified atom stereocenters. The highest BCUT2D eigenvalue weighted by atomic mass is 35.5. The van der Waals surface area contributed by atoms with Crippen molar-refractivity contribution in [3.63, 3.8) is 0 Å². The van der Waals surface area contributed by atoms with Crippen LogP contribution in [0.15, 0.2) is 42.6 Å². The van der Waals surface area contributed by atoms with E-state index in [9.17, 15) is 4.79 Å². The molecular weight excluding hydrogens is 252 g/mol. The average Bonchev–Trinajstić information content (AvgIpc) is 2.39. The van der Waals surface area contributed by atoms with Crippen LogP contribution in [0.25, 0.3) is 0 Å². The van der Waals surface area contributed by atoms with Crippen LogP contribution in [0.1, 0.15) is 10.4 Å². The highest BCUT2D eigenvalue weighted by Gasteiger charge is 2.06. The number of aromatic nitrogens is 1. The van der Waals surface area contributed by atoms with E-state index in [0.29, 0.717) is 22.2 Å². The molecule has 0 bridgehead atoms. The first kappa shape index (κ1) is 12.4. The number of halogens is 1. The van der Waals surface area contributed by atoms with E-state index in [2.05, 4.69) is 10.3 Å². The molecule has 5 heteroatoms. The summed E-state index contributed by atoms with van der Waals surface area (Å²) in [5.74, 6) is 0.264. The fraction of sp³-hybridized carbons (Fsp3) is 0.0769. The Hall–Kier alpha value is -2.07. The van der Waals surface area contributed by atoms with Gasteiger partial charge in [0.25, 0.3) is 5.91 Å². The molecule has 0 fully saturated rings. The van der Waals surface area contributed by atoms with Gasteiger partial charge in [0.1, 0.15) is 0 Å². The smallest absolute Gasteiger partial charge is 0.255 e. The lowest BCUT2D eigenvalue weighted by molar-refractivity contribution is 0.102. The summed E-state index contributed by atoms with van der Waals surface area (Å²) < 4.78 is 4.93. The second-order valence-electron chi connectivity index (χ2n) is 3.55. The van der Waals surface area contributed by atoms with Crippen LogP contribution in [0.5, 0.6) is 5.88 Å². The summed E-state index contributed by atoms with van der Waals surface area (Å²) in [5.41, 5.74) is 1.10. The second kappa shape index (κ2) is 5.51. The Kier molecular flexibility index (Phi) is 3.79. The van der Waals surface area contributed by atoms with E-state index in [1.807, 2.05) is 0 Å². The summed E-state index contributed by atoms with van der Waals surface area (Å²) in [5, 5.41) is 3.24. The Morgan fingerprint density at radius 2 is 2.17 bits per heavy atom. The standard InChI is InChI=1S/C13H11ClN2O2/c1-18-12-6-5-11(8-15-12)16-13(17)9-3-2-4-10(14)7-9/h2-8H,1H3,(H,16,17). The monoisotopic (exact) mass is 262 g/mol. The minimum Gasteiger partial charge on any atom is -0.481 e. The number of rotatable bonds is 3. The van der Waals surface area contributed by atoms with Crippen molar-refractivity contribution in [1.29, 1.82) is 0 Å². The molecule has 92 valence electrons. The molecule has 0 aliphatic heterocycles. The van der Waals surface area contributed by atoms with Crippen molar-refractivity contribution >= 4 is 23.2 Å². The molecule has 0 aliphatic rings. The van der Waals surface area contributed by atoms with E-state index in [4.69, 9.17) is 16.3 Å². The number of methoxy groups -OCH3 is 1. The normalized spacial score (nSPS) is 9.89. The molecule has 18 heavy (non-hydrogen) atoms. The Labute approximate surface area is 110 Å². The first-order valence-electron chi connectivity index (χ1n) is 5.26. The molecule has 0 saturated heterocycles.